The van der Waals surface area contributed by atoms with Gasteiger partial charge in [-0.3, -0.25) is 9.36 Å². The van der Waals surface area contributed by atoms with Crippen molar-refractivity contribution < 1.29 is 9.90 Å². The lowest BCUT2D eigenvalue weighted by Crippen LogP contribution is -2.28. The first-order valence-corrected chi connectivity index (χ1v) is 12.3. The molecule has 0 aliphatic carbocycles. The van der Waals surface area contributed by atoms with Gasteiger partial charge in [0.05, 0.1) is 22.6 Å². The Kier molecular flexibility index (Phi) is 6.04. The average molecular weight is 503 g/mol. The minimum absolute atomic E-state index is 0.0386. The maximum Gasteiger partial charge on any atom is 0.356 e. The molecule has 3 heterocycles. The van der Waals surface area contributed by atoms with Crippen molar-refractivity contribution in [2.45, 2.75) is 51.6 Å². The van der Waals surface area contributed by atoms with E-state index in [2.05, 4.69) is 29.4 Å². The maximum atomic E-state index is 13.6. The van der Waals surface area contributed by atoms with Crippen LogP contribution in [0.2, 0.25) is 5.15 Å². The van der Waals surface area contributed by atoms with Gasteiger partial charge < -0.3 is 10.4 Å². The molecule has 7 nitrogen and oxygen atoms in total. The molecule has 0 amide bonds. The summed E-state index contributed by atoms with van der Waals surface area (Å²) >= 11 is 5.92. The molecule has 5 rings (SSSR count). The summed E-state index contributed by atoms with van der Waals surface area (Å²) in [4.78, 5) is 34.4. The molecule has 2 aromatic carbocycles. The van der Waals surface area contributed by atoms with Crippen LogP contribution in [0.1, 0.15) is 59.3 Å². The maximum absolute atomic E-state index is 13.6. The molecule has 0 fully saturated rings. The van der Waals surface area contributed by atoms with E-state index in [1.807, 2.05) is 48.7 Å². The molecule has 0 unspecified atom stereocenters. The van der Waals surface area contributed by atoms with Crippen LogP contribution < -0.4 is 10.9 Å². The van der Waals surface area contributed by atoms with Gasteiger partial charge in [0, 0.05) is 17.5 Å². The number of carbonyl (C=O) groups is 1. The van der Waals surface area contributed by atoms with Gasteiger partial charge in [-0.15, -0.1) is 0 Å². The number of pyridine rings is 1. The van der Waals surface area contributed by atoms with Crippen LogP contribution in [0.4, 0.5) is 5.69 Å². The molecule has 8 heteroatoms. The van der Waals surface area contributed by atoms with Gasteiger partial charge in [0.25, 0.3) is 5.56 Å². The molecule has 2 atom stereocenters. The van der Waals surface area contributed by atoms with E-state index in [9.17, 15) is 14.7 Å². The van der Waals surface area contributed by atoms with Crippen LogP contribution in [-0.2, 0) is 18.4 Å². The van der Waals surface area contributed by atoms with Gasteiger partial charge >= 0.3 is 5.97 Å². The molecular weight excluding hydrogens is 476 g/mol. The average Bonchev–Trinajstić information content (AvgIpc) is 3.17. The van der Waals surface area contributed by atoms with Crippen molar-refractivity contribution >= 4 is 34.2 Å². The van der Waals surface area contributed by atoms with Crippen LogP contribution in [0.15, 0.2) is 59.4 Å². The third-order valence-corrected chi connectivity index (χ3v) is 7.21. The number of nitrogens with zero attached hydrogens (tertiary/aromatic N) is 3. The van der Waals surface area contributed by atoms with E-state index in [1.165, 1.54) is 5.56 Å². The van der Waals surface area contributed by atoms with Crippen LogP contribution in [0.5, 0.6) is 0 Å². The first kappa shape index (κ1) is 24.0. The molecule has 0 spiro atoms. The minimum Gasteiger partial charge on any atom is -0.476 e. The third-order valence-electron chi connectivity index (χ3n) is 7.00. The molecule has 1 aliphatic heterocycles. The van der Waals surface area contributed by atoms with Crippen molar-refractivity contribution in [2.24, 2.45) is 0 Å². The van der Waals surface area contributed by atoms with Gasteiger partial charge in [-0.1, -0.05) is 54.9 Å². The highest BCUT2D eigenvalue weighted by molar-refractivity contribution is 6.29. The number of rotatable bonds is 6. The van der Waals surface area contributed by atoms with Gasteiger partial charge in [0.15, 0.2) is 5.69 Å². The summed E-state index contributed by atoms with van der Waals surface area (Å²) in [6.07, 6.45) is 1.63. The highest BCUT2D eigenvalue weighted by Gasteiger charge is 2.38. The number of aryl methyl sites for hydroxylation is 1. The largest absolute Gasteiger partial charge is 0.476 e. The van der Waals surface area contributed by atoms with Crippen LogP contribution in [0.25, 0.3) is 10.9 Å². The van der Waals surface area contributed by atoms with E-state index < -0.39 is 5.97 Å². The number of aromatic carboxylic acids is 1. The quantitative estimate of drug-likeness (QED) is 0.336. The van der Waals surface area contributed by atoms with Crippen LogP contribution in [-0.4, -0.2) is 25.6 Å². The predicted octanol–water partition coefficient (Wildman–Crippen LogP) is 5.53. The highest BCUT2D eigenvalue weighted by atomic mass is 35.5. The molecule has 0 saturated carbocycles. The topological polar surface area (TPSA) is 97.1 Å². The fourth-order valence-corrected chi connectivity index (χ4v) is 5.36. The smallest absolute Gasteiger partial charge is 0.356 e. The van der Waals surface area contributed by atoms with Gasteiger partial charge in [0.2, 0.25) is 0 Å². The van der Waals surface area contributed by atoms with E-state index in [1.54, 1.807) is 12.1 Å². The molecule has 4 aromatic rings. The zero-order valence-corrected chi connectivity index (χ0v) is 21.1. The Morgan fingerprint density at radius 2 is 1.94 bits per heavy atom. The second-order valence-electron chi connectivity index (χ2n) is 9.82. The van der Waals surface area contributed by atoms with Crippen molar-refractivity contribution in [1.29, 1.82) is 0 Å². The van der Waals surface area contributed by atoms with Crippen LogP contribution in [0.3, 0.4) is 0 Å². The van der Waals surface area contributed by atoms with Crippen LogP contribution in [0, 0.1) is 6.92 Å². The lowest BCUT2D eigenvalue weighted by Gasteiger charge is -2.25. The summed E-state index contributed by atoms with van der Waals surface area (Å²) in [6.45, 7) is 6.67. The first-order chi connectivity index (χ1) is 17.2. The second-order valence-corrected chi connectivity index (χ2v) is 10.2. The van der Waals surface area contributed by atoms with Crippen LogP contribution >= 0.6 is 11.6 Å². The molecule has 36 heavy (non-hydrogen) atoms. The second kappa shape index (κ2) is 9.06. The number of benzene rings is 2. The molecule has 0 bridgehead atoms. The first-order valence-electron chi connectivity index (χ1n) is 11.9. The van der Waals surface area contributed by atoms with Crippen molar-refractivity contribution in [1.82, 2.24) is 14.5 Å². The van der Waals surface area contributed by atoms with Crippen molar-refractivity contribution in [3.05, 3.63) is 98.3 Å². The van der Waals surface area contributed by atoms with E-state index in [-0.39, 0.29) is 27.9 Å². The Bertz CT molecular complexity index is 1550. The van der Waals surface area contributed by atoms with E-state index in [4.69, 9.17) is 16.6 Å². The number of hydrogen-bond donors (Lipinski definition) is 2. The zero-order valence-electron chi connectivity index (χ0n) is 20.4. The van der Waals surface area contributed by atoms with Gasteiger partial charge in [-0.2, -0.15) is 0 Å². The molecule has 1 aliphatic rings. The summed E-state index contributed by atoms with van der Waals surface area (Å²) in [5.41, 5.74) is 3.48. The monoisotopic (exact) mass is 502 g/mol. The summed E-state index contributed by atoms with van der Waals surface area (Å²) < 4.78 is 1.82. The minimum atomic E-state index is -1.17. The number of fused-ring (bicyclic) bond motifs is 2. The zero-order chi connectivity index (χ0) is 25.6. The molecule has 2 aromatic heterocycles. The number of halogens is 1. The lowest BCUT2D eigenvalue weighted by molar-refractivity contribution is 0.0691. The van der Waals surface area contributed by atoms with Gasteiger partial charge in [-0.25, -0.2) is 14.8 Å². The van der Waals surface area contributed by atoms with Crippen molar-refractivity contribution in [2.75, 3.05) is 5.32 Å². The third kappa shape index (κ3) is 4.24. The summed E-state index contributed by atoms with van der Waals surface area (Å²) in [6, 6.07) is 16.9. The fourth-order valence-electron chi connectivity index (χ4n) is 5.21. The number of hydrogen-bond acceptors (Lipinski definition) is 5. The molecule has 0 saturated heterocycles. The Morgan fingerprint density at radius 3 is 2.67 bits per heavy atom. The number of carboxylic acids is 1. The fraction of sp³-hybridized carbons (Fsp3) is 0.286. The summed E-state index contributed by atoms with van der Waals surface area (Å²) in [7, 11) is 0. The van der Waals surface area contributed by atoms with Gasteiger partial charge in [0.1, 0.15) is 11.0 Å². The highest BCUT2D eigenvalue weighted by Crippen LogP contribution is 2.37. The number of anilines is 1. The molecule has 2 N–H and O–H groups in total. The Balaban J connectivity index is 1.61. The van der Waals surface area contributed by atoms with E-state index in [0.717, 1.165) is 29.8 Å². The van der Waals surface area contributed by atoms with Crippen molar-refractivity contribution in [3.8, 4) is 0 Å². The van der Waals surface area contributed by atoms with E-state index in [0.29, 0.717) is 23.1 Å². The Morgan fingerprint density at radius 1 is 1.19 bits per heavy atom. The molecular formula is C28H27ClN4O3. The number of aromatic nitrogens is 3. The normalized spacial score (nSPS) is 17.7. The summed E-state index contributed by atoms with van der Waals surface area (Å²) in [5, 5.41) is 13.5. The SMILES string of the molecule is Cc1cc([C@@H](C)Nc2ccc(Cl)nc2C(=O)O)c2nc3n(c(=O)c2c1)CC[C@@]3(C)Cc1ccccc1. The summed E-state index contributed by atoms with van der Waals surface area (Å²) in [5.74, 6) is -0.382. The molecule has 0 radical (unpaired) electrons. The van der Waals surface area contributed by atoms with Crippen molar-refractivity contribution in [3.63, 3.8) is 0 Å². The number of carboxylic acid groups (broad SMARTS) is 1. The lowest BCUT2D eigenvalue weighted by atomic mass is 9.81. The Hall–Kier alpha value is -3.71. The van der Waals surface area contributed by atoms with E-state index >= 15 is 0 Å². The standard InChI is InChI=1S/C28H27ClN4O3/c1-16-13-19(17(2)30-21-9-10-22(29)31-24(21)26(35)36)23-20(14-16)25(34)33-12-11-28(3,27(33)32-23)15-18-7-5-4-6-8-18/h4-10,13-14,17,30H,11-12,15H2,1-3H3,(H,35,36)/t17-,28+/m1/s1. The molecule has 184 valence electrons. The Labute approximate surface area is 213 Å². The van der Waals surface area contributed by atoms with Gasteiger partial charge in [-0.05, 0) is 56.0 Å². The predicted molar refractivity (Wildman–Crippen MR) is 141 cm³/mol. The number of nitrogens with one attached hydrogen (secondary N) is 1.